The van der Waals surface area contributed by atoms with Crippen molar-refractivity contribution in [2.24, 2.45) is 0 Å². The van der Waals surface area contributed by atoms with E-state index in [0.29, 0.717) is 22.4 Å². The summed E-state index contributed by atoms with van der Waals surface area (Å²) in [5.41, 5.74) is 7.70. The topological polar surface area (TPSA) is 43.8 Å². The molecule has 90 valence electrons. The summed E-state index contributed by atoms with van der Waals surface area (Å²) in [5, 5.41) is 5.60. The number of aryl methyl sites for hydroxylation is 1. The Bertz CT molecular complexity index is 546. The molecule has 0 fully saturated rings. The number of nitrogens with two attached hydrogens (primary N) is 1. The van der Waals surface area contributed by atoms with E-state index >= 15 is 0 Å². The lowest BCUT2D eigenvalue weighted by Gasteiger charge is -2.08. The van der Waals surface area contributed by atoms with E-state index in [4.69, 9.17) is 28.9 Å². The first-order valence-electron chi connectivity index (χ1n) is 4.92. The number of nitrogens with zero attached hydrogens (tertiary/aromatic N) is 2. The van der Waals surface area contributed by atoms with Gasteiger partial charge in [0.05, 0.1) is 15.8 Å². The smallest absolute Gasteiger partial charge is 0.135 e. The predicted octanol–water partition coefficient (Wildman–Crippen LogP) is 3.73. The first kappa shape index (κ1) is 13.0. The van der Waals surface area contributed by atoms with E-state index in [-0.39, 0.29) is 0 Å². The highest BCUT2D eigenvalue weighted by molar-refractivity contribution is 14.1. The summed E-state index contributed by atoms with van der Waals surface area (Å²) in [6.07, 6.45) is 0. The van der Waals surface area contributed by atoms with Crippen LogP contribution in [0.4, 0.5) is 5.82 Å². The number of nitrogen functional groups attached to an aromatic ring is 1. The molecule has 1 aromatic heterocycles. The summed E-state index contributed by atoms with van der Waals surface area (Å²) < 4.78 is 2.68. The Morgan fingerprint density at radius 2 is 1.94 bits per heavy atom. The standard InChI is InChI=1S/C11H10Cl2IN3/c1-6-10(14)11(15)17(16-6)5-7-8(12)3-2-4-9(7)13/h2-4H,5,15H2,1H3. The number of hydrogen-bond acceptors (Lipinski definition) is 2. The molecular weight excluding hydrogens is 372 g/mol. The third-order valence-electron chi connectivity index (χ3n) is 2.46. The van der Waals surface area contributed by atoms with E-state index in [9.17, 15) is 0 Å². The molecule has 0 bridgehead atoms. The lowest BCUT2D eigenvalue weighted by molar-refractivity contribution is 0.689. The molecule has 0 saturated carbocycles. The largest absolute Gasteiger partial charge is 0.383 e. The number of aromatic nitrogens is 2. The number of benzene rings is 1. The van der Waals surface area contributed by atoms with Crippen LogP contribution in [0.25, 0.3) is 0 Å². The summed E-state index contributed by atoms with van der Waals surface area (Å²) in [6.45, 7) is 2.40. The van der Waals surface area contributed by atoms with Crippen LogP contribution in [-0.4, -0.2) is 9.78 Å². The monoisotopic (exact) mass is 381 g/mol. The van der Waals surface area contributed by atoms with Crippen LogP contribution in [0.5, 0.6) is 0 Å². The van der Waals surface area contributed by atoms with Crippen molar-refractivity contribution < 1.29 is 0 Å². The van der Waals surface area contributed by atoms with Gasteiger partial charge in [0.1, 0.15) is 5.82 Å². The molecule has 0 aliphatic carbocycles. The lowest BCUT2D eigenvalue weighted by Crippen LogP contribution is -2.07. The van der Waals surface area contributed by atoms with E-state index < -0.39 is 0 Å². The van der Waals surface area contributed by atoms with Gasteiger partial charge in [-0.15, -0.1) is 0 Å². The summed E-state index contributed by atoms with van der Waals surface area (Å²) in [5.74, 6) is 0.638. The second kappa shape index (κ2) is 5.04. The van der Waals surface area contributed by atoms with Crippen LogP contribution in [0.1, 0.15) is 11.3 Å². The Balaban J connectivity index is 2.41. The third-order valence-corrected chi connectivity index (χ3v) is 4.50. The second-order valence-electron chi connectivity index (χ2n) is 3.64. The Morgan fingerprint density at radius 3 is 2.41 bits per heavy atom. The molecule has 1 heterocycles. The summed E-state index contributed by atoms with van der Waals surface area (Å²) in [6, 6.07) is 5.43. The Morgan fingerprint density at radius 1 is 1.35 bits per heavy atom. The SMILES string of the molecule is Cc1nn(Cc2c(Cl)cccc2Cl)c(N)c1I. The van der Waals surface area contributed by atoms with Gasteiger partial charge in [-0.3, -0.25) is 0 Å². The van der Waals surface area contributed by atoms with Crippen molar-refractivity contribution in [3.8, 4) is 0 Å². The fraction of sp³-hybridized carbons (Fsp3) is 0.182. The highest BCUT2D eigenvalue weighted by atomic mass is 127. The molecule has 3 nitrogen and oxygen atoms in total. The molecule has 2 rings (SSSR count). The maximum Gasteiger partial charge on any atom is 0.135 e. The van der Waals surface area contributed by atoms with E-state index in [2.05, 4.69) is 27.7 Å². The minimum absolute atomic E-state index is 0.480. The summed E-state index contributed by atoms with van der Waals surface area (Å²) in [4.78, 5) is 0. The zero-order valence-electron chi connectivity index (χ0n) is 9.04. The van der Waals surface area contributed by atoms with Gasteiger partial charge in [-0.05, 0) is 41.6 Å². The molecule has 6 heteroatoms. The molecule has 1 aromatic carbocycles. The van der Waals surface area contributed by atoms with Gasteiger partial charge in [-0.25, -0.2) is 4.68 Å². The second-order valence-corrected chi connectivity index (χ2v) is 5.54. The maximum absolute atomic E-state index is 6.11. The molecule has 0 saturated heterocycles. The van der Waals surface area contributed by atoms with E-state index in [1.54, 1.807) is 16.8 Å². The predicted molar refractivity (Wildman–Crippen MR) is 79.7 cm³/mol. The maximum atomic E-state index is 6.11. The van der Waals surface area contributed by atoms with Gasteiger partial charge in [0.25, 0.3) is 0 Å². The van der Waals surface area contributed by atoms with Gasteiger partial charge >= 0.3 is 0 Å². The van der Waals surface area contributed by atoms with Gasteiger partial charge in [0.15, 0.2) is 0 Å². The Labute approximate surface area is 123 Å². The van der Waals surface area contributed by atoms with Crippen LogP contribution in [-0.2, 0) is 6.54 Å². The molecule has 0 radical (unpaired) electrons. The molecule has 0 unspecified atom stereocenters. The zero-order chi connectivity index (χ0) is 12.6. The van der Waals surface area contributed by atoms with Gasteiger partial charge in [-0.2, -0.15) is 5.10 Å². The van der Waals surface area contributed by atoms with Crippen LogP contribution in [0.3, 0.4) is 0 Å². The van der Waals surface area contributed by atoms with Crippen LogP contribution in [0, 0.1) is 10.5 Å². The highest BCUT2D eigenvalue weighted by Crippen LogP contribution is 2.27. The van der Waals surface area contributed by atoms with Gasteiger partial charge in [0.2, 0.25) is 0 Å². The molecule has 0 aliphatic heterocycles. The van der Waals surface area contributed by atoms with E-state index in [1.807, 2.05) is 13.0 Å². The molecule has 2 N–H and O–H groups in total. The number of rotatable bonds is 2. The lowest BCUT2D eigenvalue weighted by atomic mass is 10.2. The minimum Gasteiger partial charge on any atom is -0.383 e. The third kappa shape index (κ3) is 2.53. The van der Waals surface area contributed by atoms with Crippen LogP contribution in [0.15, 0.2) is 18.2 Å². The fourth-order valence-electron chi connectivity index (χ4n) is 1.53. The molecule has 0 amide bonds. The fourth-order valence-corrected chi connectivity index (χ4v) is 2.43. The highest BCUT2D eigenvalue weighted by Gasteiger charge is 2.12. The van der Waals surface area contributed by atoms with E-state index in [1.165, 1.54) is 0 Å². The van der Waals surface area contributed by atoms with Crippen molar-refractivity contribution in [2.75, 3.05) is 5.73 Å². The molecule has 17 heavy (non-hydrogen) atoms. The first-order chi connectivity index (χ1) is 8.00. The number of hydrogen-bond donors (Lipinski definition) is 1. The molecule has 2 aromatic rings. The summed E-state index contributed by atoms with van der Waals surface area (Å²) in [7, 11) is 0. The van der Waals surface area contributed by atoms with Crippen molar-refractivity contribution in [3.63, 3.8) is 0 Å². The molecule has 0 atom stereocenters. The molecular formula is C11H10Cl2IN3. The Hall–Kier alpha value is -0.460. The zero-order valence-corrected chi connectivity index (χ0v) is 12.7. The summed E-state index contributed by atoms with van der Waals surface area (Å²) >= 11 is 14.4. The normalized spacial score (nSPS) is 10.8. The molecule has 0 aliphatic rings. The number of halogens is 3. The molecule has 0 spiro atoms. The van der Waals surface area contributed by atoms with Gasteiger partial charge in [-0.1, -0.05) is 29.3 Å². The van der Waals surface area contributed by atoms with Gasteiger partial charge in [0, 0.05) is 15.6 Å². The van der Waals surface area contributed by atoms with Crippen LogP contribution < -0.4 is 5.73 Å². The average molecular weight is 382 g/mol. The van der Waals surface area contributed by atoms with Gasteiger partial charge < -0.3 is 5.73 Å². The van der Waals surface area contributed by atoms with Crippen LogP contribution in [0.2, 0.25) is 10.0 Å². The minimum atomic E-state index is 0.480. The van der Waals surface area contributed by atoms with Crippen molar-refractivity contribution in [1.82, 2.24) is 9.78 Å². The average Bonchev–Trinajstić information content (AvgIpc) is 2.52. The van der Waals surface area contributed by atoms with Crippen molar-refractivity contribution >= 4 is 51.6 Å². The van der Waals surface area contributed by atoms with Crippen LogP contribution >= 0.6 is 45.8 Å². The number of anilines is 1. The van der Waals surface area contributed by atoms with Crippen molar-refractivity contribution in [1.29, 1.82) is 0 Å². The first-order valence-corrected chi connectivity index (χ1v) is 6.75. The van der Waals surface area contributed by atoms with E-state index in [0.717, 1.165) is 14.8 Å². The Kier molecular flexibility index (Phi) is 3.85. The van der Waals surface area contributed by atoms with Crippen molar-refractivity contribution in [3.05, 3.63) is 43.1 Å². The van der Waals surface area contributed by atoms with Crippen molar-refractivity contribution in [2.45, 2.75) is 13.5 Å². The quantitative estimate of drug-likeness (QED) is 0.805.